The lowest BCUT2D eigenvalue weighted by atomic mass is 9.42. The van der Waals surface area contributed by atoms with E-state index in [2.05, 4.69) is 218 Å². The van der Waals surface area contributed by atoms with E-state index in [9.17, 15) is 0 Å². The van der Waals surface area contributed by atoms with Gasteiger partial charge in [0, 0.05) is 93.4 Å². The maximum atomic E-state index is 7.26. The van der Waals surface area contributed by atoms with Crippen LogP contribution in [-0.4, -0.2) is 15.7 Å². The van der Waals surface area contributed by atoms with E-state index < -0.39 is 0 Å². The van der Waals surface area contributed by atoms with Crippen LogP contribution in [0.2, 0.25) is 0 Å². The quantitative estimate of drug-likeness (QED) is 0.153. The third-order valence-corrected chi connectivity index (χ3v) is 16.7. The average molecular weight is 894 g/mol. The van der Waals surface area contributed by atoms with Crippen LogP contribution in [0.4, 0.5) is 17.1 Å². The lowest BCUT2D eigenvalue weighted by molar-refractivity contribution is 0.569. The van der Waals surface area contributed by atoms with Gasteiger partial charge in [0.1, 0.15) is 11.2 Å². The standard InChI is InChI=1S/C64H56BN3O/c1-61(2,3)33-24-34(62(4,5)6)26-37(25-33)66-49-31-44-41-21-17-20-40-38-18-13-15-22-48(38)67(56(40)41)59(44)52-46-29-35(63(7,8)9)27-42-43-28-36(64(10,11)12)30-47-53-55(65(54(49)52)68(57(42)46)58(43)47)50(66)32-45-39-19-14-16-23-51(39)69-60(45)53/h13-32H,1-12H3. The molecule has 0 spiro atoms. The topological polar surface area (TPSA) is 25.7 Å². The smallest absolute Gasteiger partial charge is 0.333 e. The first kappa shape index (κ1) is 40.0. The van der Waals surface area contributed by atoms with Crippen LogP contribution >= 0.6 is 0 Å². The zero-order valence-electron chi connectivity index (χ0n) is 41.9. The van der Waals surface area contributed by atoms with Gasteiger partial charge in [0.2, 0.25) is 0 Å². The van der Waals surface area contributed by atoms with Crippen LogP contribution in [0.3, 0.4) is 0 Å². The normalized spacial score (nSPS) is 14.6. The number of anilines is 3. The summed E-state index contributed by atoms with van der Waals surface area (Å²) in [6, 6.07) is 47.5. The fraction of sp³-hybridized carbons (Fsp3) is 0.250. The molecule has 336 valence electrons. The molecule has 0 fully saturated rings. The molecular formula is C64H56BN3O. The van der Waals surface area contributed by atoms with Gasteiger partial charge in [-0.15, -0.1) is 0 Å². The number of rotatable bonds is 1. The highest BCUT2D eigenvalue weighted by Crippen LogP contribution is 2.57. The first-order valence-corrected chi connectivity index (χ1v) is 25.1. The number of benzene rings is 8. The van der Waals surface area contributed by atoms with Gasteiger partial charge in [-0.05, 0) is 116 Å². The van der Waals surface area contributed by atoms with Crippen molar-refractivity contribution in [2.24, 2.45) is 0 Å². The van der Waals surface area contributed by atoms with Crippen LogP contribution in [-0.2, 0) is 21.7 Å². The van der Waals surface area contributed by atoms with Gasteiger partial charge in [-0.25, -0.2) is 0 Å². The Bertz CT molecular complexity index is 4320. The first-order chi connectivity index (χ1) is 32.8. The molecule has 0 bridgehead atoms. The molecule has 0 unspecified atom stereocenters. The molecule has 12 aromatic rings. The van der Waals surface area contributed by atoms with E-state index in [4.69, 9.17) is 4.42 Å². The molecule has 4 nitrogen and oxygen atoms in total. The average Bonchev–Trinajstić information content (AvgIpc) is 4.04. The van der Waals surface area contributed by atoms with E-state index in [0.29, 0.717) is 0 Å². The molecule has 5 heteroatoms. The van der Waals surface area contributed by atoms with Crippen LogP contribution in [0.15, 0.2) is 126 Å². The molecule has 7 heterocycles. The van der Waals surface area contributed by atoms with Crippen molar-refractivity contribution in [3.05, 3.63) is 144 Å². The molecule has 3 aliphatic rings. The molecule has 15 rings (SSSR count). The highest BCUT2D eigenvalue weighted by atomic mass is 16.3. The zero-order chi connectivity index (χ0) is 47.3. The van der Waals surface area contributed by atoms with Gasteiger partial charge >= 0.3 is 6.85 Å². The Morgan fingerprint density at radius 2 is 0.899 bits per heavy atom. The van der Waals surface area contributed by atoms with Crippen molar-refractivity contribution >= 4 is 117 Å². The van der Waals surface area contributed by atoms with E-state index in [-0.39, 0.29) is 28.5 Å². The molecule has 4 aromatic heterocycles. The predicted molar refractivity (Wildman–Crippen MR) is 296 cm³/mol. The highest BCUT2D eigenvalue weighted by molar-refractivity contribution is 6.92. The van der Waals surface area contributed by atoms with E-state index in [0.717, 1.165) is 21.9 Å². The second-order valence-corrected chi connectivity index (χ2v) is 25.0. The summed E-state index contributed by atoms with van der Waals surface area (Å²) < 4.78 is 12.7. The second-order valence-electron chi connectivity index (χ2n) is 25.0. The molecule has 0 N–H and O–H groups in total. The summed E-state index contributed by atoms with van der Waals surface area (Å²) in [4.78, 5) is 2.70. The summed E-state index contributed by atoms with van der Waals surface area (Å²) in [6.07, 6.45) is 0. The van der Waals surface area contributed by atoms with Gasteiger partial charge in [0.15, 0.2) is 0 Å². The van der Waals surface area contributed by atoms with Crippen LogP contribution in [0.25, 0.3) is 104 Å². The minimum atomic E-state index is -0.103. The van der Waals surface area contributed by atoms with Crippen LogP contribution in [0.1, 0.15) is 105 Å². The summed E-state index contributed by atoms with van der Waals surface area (Å²) in [7, 11) is 0. The number of aromatic nitrogens is 2. The molecule has 0 atom stereocenters. The Balaban J connectivity index is 1.26. The Hall–Kier alpha value is -6.98. The van der Waals surface area contributed by atoms with Gasteiger partial charge in [0.25, 0.3) is 0 Å². The largest absolute Gasteiger partial charge is 0.455 e. The van der Waals surface area contributed by atoms with Crippen molar-refractivity contribution in [3.8, 4) is 22.3 Å². The van der Waals surface area contributed by atoms with E-state index in [1.54, 1.807) is 0 Å². The second kappa shape index (κ2) is 12.2. The lowest BCUT2D eigenvalue weighted by Crippen LogP contribution is -2.58. The Morgan fingerprint density at radius 3 is 1.52 bits per heavy atom. The molecule has 0 saturated heterocycles. The molecule has 8 aromatic carbocycles. The number of hydrogen-bond donors (Lipinski definition) is 0. The summed E-state index contributed by atoms with van der Waals surface area (Å²) in [6.45, 7) is 28.3. The van der Waals surface area contributed by atoms with Gasteiger partial charge in [0.05, 0.1) is 16.6 Å². The van der Waals surface area contributed by atoms with Gasteiger partial charge in [-0.3, -0.25) is 0 Å². The highest BCUT2D eigenvalue weighted by Gasteiger charge is 2.50. The summed E-state index contributed by atoms with van der Waals surface area (Å²) >= 11 is 0. The van der Waals surface area contributed by atoms with Gasteiger partial charge in [-0.2, -0.15) is 0 Å². The minimum absolute atomic E-state index is 0.0803. The number of hydrogen-bond acceptors (Lipinski definition) is 2. The van der Waals surface area contributed by atoms with E-state index in [1.807, 2.05) is 0 Å². The van der Waals surface area contributed by atoms with E-state index in [1.165, 1.54) is 132 Å². The third-order valence-electron chi connectivity index (χ3n) is 16.7. The number of para-hydroxylation sites is 3. The van der Waals surface area contributed by atoms with Crippen molar-refractivity contribution < 1.29 is 4.42 Å². The van der Waals surface area contributed by atoms with Gasteiger partial charge < -0.3 is 18.2 Å². The third kappa shape index (κ3) is 4.87. The van der Waals surface area contributed by atoms with Crippen molar-refractivity contribution in [1.82, 2.24) is 8.88 Å². The van der Waals surface area contributed by atoms with Crippen LogP contribution in [0, 0.1) is 0 Å². The summed E-state index contributed by atoms with van der Waals surface area (Å²) in [5, 5.41) is 10.2. The lowest BCUT2D eigenvalue weighted by Gasteiger charge is -2.44. The zero-order valence-corrected chi connectivity index (χ0v) is 41.9. The Morgan fingerprint density at radius 1 is 0.406 bits per heavy atom. The SMILES string of the molecule is CC(C)(C)c1cc(N2c3cc4c(oc5ccccc54)c4c3B3c5c2cc2c6cccc7c8ccccc8n(c2c5-c2cc(C(C)(C)C)cc5c8cc(C(C)(C)C)cc-4c8n3c25)c76)cc(C(C)(C)C)c1. The summed E-state index contributed by atoms with van der Waals surface area (Å²) in [5.41, 5.74) is 25.0. The molecule has 3 aliphatic heterocycles. The molecular weight excluding hydrogens is 838 g/mol. The molecule has 0 amide bonds. The molecule has 0 aliphatic carbocycles. The molecule has 0 radical (unpaired) electrons. The predicted octanol–water partition coefficient (Wildman–Crippen LogP) is 16.4. The van der Waals surface area contributed by atoms with Crippen molar-refractivity contribution in [1.29, 1.82) is 0 Å². The summed E-state index contributed by atoms with van der Waals surface area (Å²) in [5.74, 6) is 0. The molecule has 0 saturated carbocycles. The maximum absolute atomic E-state index is 7.26. The van der Waals surface area contributed by atoms with Crippen molar-refractivity contribution in [2.45, 2.75) is 105 Å². The maximum Gasteiger partial charge on any atom is 0.333 e. The fourth-order valence-corrected chi connectivity index (χ4v) is 13.1. The van der Waals surface area contributed by atoms with E-state index >= 15 is 0 Å². The fourth-order valence-electron chi connectivity index (χ4n) is 13.1. The number of nitrogens with zero attached hydrogens (tertiary/aromatic N) is 3. The van der Waals surface area contributed by atoms with Crippen LogP contribution in [0.5, 0.6) is 0 Å². The van der Waals surface area contributed by atoms with Crippen molar-refractivity contribution in [2.75, 3.05) is 4.90 Å². The van der Waals surface area contributed by atoms with Gasteiger partial charge in [-0.1, -0.05) is 144 Å². The number of furan rings is 1. The minimum Gasteiger partial charge on any atom is -0.455 e. The number of fused-ring (bicyclic) bond motifs is 14. The molecule has 69 heavy (non-hydrogen) atoms. The van der Waals surface area contributed by atoms with Crippen LogP contribution < -0.4 is 15.8 Å². The van der Waals surface area contributed by atoms with Crippen molar-refractivity contribution in [3.63, 3.8) is 0 Å². The Labute approximate surface area is 403 Å². The first-order valence-electron chi connectivity index (χ1n) is 25.1. The Kier molecular flexibility index (Phi) is 7.09. The monoisotopic (exact) mass is 893 g/mol.